The molecule has 31 heavy (non-hydrogen) atoms. The predicted molar refractivity (Wildman–Crippen MR) is 111 cm³/mol. The van der Waals surface area contributed by atoms with E-state index in [2.05, 4.69) is 10.4 Å². The van der Waals surface area contributed by atoms with Crippen molar-refractivity contribution in [1.29, 1.82) is 0 Å². The number of rotatable bonds is 4. The maximum absolute atomic E-state index is 14.3. The maximum Gasteiger partial charge on any atom is 0.407 e. The Hall–Kier alpha value is -2.97. The molecule has 0 saturated carbocycles. The standard InChI is InChI=1S/C22H28F2N4O3/c1-22(2,3)31-21(30)25-11-14-6-5-9-28(12-14)20(29)17-13-27(4)26-19(17)16-8-7-15(23)10-18(16)24/h7-8,10,13-14H,5-6,9,11-12H2,1-4H3,(H,25,30). The largest absolute Gasteiger partial charge is 0.444 e. The van der Waals surface area contributed by atoms with E-state index in [1.807, 2.05) is 0 Å². The van der Waals surface area contributed by atoms with Crippen molar-refractivity contribution in [2.24, 2.45) is 13.0 Å². The van der Waals surface area contributed by atoms with Gasteiger partial charge < -0.3 is 15.0 Å². The molecule has 2 heterocycles. The SMILES string of the molecule is Cn1cc(C(=O)N2CCCC(CNC(=O)OC(C)(C)C)C2)c(-c2ccc(F)cc2F)n1. The molecule has 1 saturated heterocycles. The summed E-state index contributed by atoms with van der Waals surface area (Å²) in [6, 6.07) is 3.20. The van der Waals surface area contributed by atoms with Gasteiger partial charge in [0.05, 0.1) is 5.56 Å². The highest BCUT2D eigenvalue weighted by Crippen LogP contribution is 2.28. The first kappa shape index (κ1) is 22.7. The van der Waals surface area contributed by atoms with Crippen molar-refractivity contribution < 1.29 is 23.1 Å². The molecule has 1 aliphatic rings. The van der Waals surface area contributed by atoms with Crippen LogP contribution in [0, 0.1) is 17.6 Å². The minimum absolute atomic E-state index is 0.0745. The average Bonchev–Trinajstić information content (AvgIpc) is 3.06. The number of carbonyl (C=O) groups excluding carboxylic acids is 2. The molecule has 1 unspecified atom stereocenters. The monoisotopic (exact) mass is 434 g/mol. The van der Waals surface area contributed by atoms with Crippen molar-refractivity contribution in [1.82, 2.24) is 20.0 Å². The number of halogens is 2. The fourth-order valence-corrected chi connectivity index (χ4v) is 3.65. The van der Waals surface area contributed by atoms with Crippen molar-refractivity contribution in [3.8, 4) is 11.3 Å². The minimum Gasteiger partial charge on any atom is -0.444 e. The molecule has 0 radical (unpaired) electrons. The Morgan fingerprint density at radius 1 is 1.29 bits per heavy atom. The zero-order valence-electron chi connectivity index (χ0n) is 18.2. The lowest BCUT2D eigenvalue weighted by molar-refractivity contribution is 0.0502. The third kappa shape index (κ3) is 5.80. The van der Waals surface area contributed by atoms with Crippen LogP contribution in [0.15, 0.2) is 24.4 Å². The summed E-state index contributed by atoms with van der Waals surface area (Å²) >= 11 is 0. The van der Waals surface area contributed by atoms with Crippen molar-refractivity contribution in [3.63, 3.8) is 0 Å². The van der Waals surface area contributed by atoms with Crippen LogP contribution in [-0.2, 0) is 11.8 Å². The number of aromatic nitrogens is 2. The van der Waals surface area contributed by atoms with E-state index < -0.39 is 23.3 Å². The highest BCUT2D eigenvalue weighted by atomic mass is 19.1. The van der Waals surface area contributed by atoms with Gasteiger partial charge in [-0.3, -0.25) is 9.48 Å². The molecule has 1 aromatic heterocycles. The van der Waals surface area contributed by atoms with E-state index >= 15 is 0 Å². The Balaban J connectivity index is 1.71. The summed E-state index contributed by atoms with van der Waals surface area (Å²) in [6.45, 7) is 6.79. The van der Waals surface area contributed by atoms with Gasteiger partial charge in [0.1, 0.15) is 22.9 Å². The Morgan fingerprint density at radius 2 is 2.03 bits per heavy atom. The molecule has 1 aromatic carbocycles. The van der Waals surface area contributed by atoms with Crippen LogP contribution >= 0.6 is 0 Å². The molecule has 0 aliphatic carbocycles. The Kier molecular flexibility index (Phi) is 6.62. The second-order valence-corrected chi connectivity index (χ2v) is 8.83. The fourth-order valence-electron chi connectivity index (χ4n) is 3.65. The Morgan fingerprint density at radius 3 is 2.71 bits per heavy atom. The highest BCUT2D eigenvalue weighted by molar-refractivity contribution is 6.00. The third-order valence-electron chi connectivity index (χ3n) is 4.99. The van der Waals surface area contributed by atoms with Gasteiger partial charge in [0.15, 0.2) is 0 Å². The number of piperidine rings is 1. The van der Waals surface area contributed by atoms with Crippen LogP contribution in [0.5, 0.6) is 0 Å². The van der Waals surface area contributed by atoms with Gasteiger partial charge in [0.2, 0.25) is 0 Å². The summed E-state index contributed by atoms with van der Waals surface area (Å²) in [7, 11) is 1.64. The number of benzene rings is 1. The molecule has 1 atom stereocenters. The predicted octanol–water partition coefficient (Wildman–Crippen LogP) is 3.74. The summed E-state index contributed by atoms with van der Waals surface area (Å²) in [6.07, 6.45) is 2.71. The zero-order valence-corrected chi connectivity index (χ0v) is 18.2. The second kappa shape index (κ2) is 9.03. The number of alkyl carbamates (subject to hydrolysis) is 1. The van der Waals surface area contributed by atoms with Crippen molar-refractivity contribution in [2.45, 2.75) is 39.2 Å². The quantitative estimate of drug-likeness (QED) is 0.795. The topological polar surface area (TPSA) is 76.5 Å². The molecular formula is C22H28F2N4O3. The van der Waals surface area contributed by atoms with Gasteiger partial charge in [-0.05, 0) is 51.7 Å². The number of aryl methyl sites for hydroxylation is 1. The van der Waals surface area contributed by atoms with E-state index in [0.717, 1.165) is 25.0 Å². The molecule has 1 N–H and O–H groups in total. The number of hydrogen-bond acceptors (Lipinski definition) is 4. The lowest BCUT2D eigenvalue weighted by Gasteiger charge is -2.33. The molecule has 2 aromatic rings. The van der Waals surface area contributed by atoms with Crippen LogP contribution in [0.3, 0.4) is 0 Å². The number of nitrogens with zero attached hydrogens (tertiary/aromatic N) is 3. The molecule has 0 spiro atoms. The van der Waals surface area contributed by atoms with Crippen molar-refractivity contribution in [3.05, 3.63) is 41.6 Å². The molecule has 7 nitrogen and oxygen atoms in total. The van der Waals surface area contributed by atoms with Gasteiger partial charge >= 0.3 is 6.09 Å². The van der Waals surface area contributed by atoms with Gasteiger partial charge in [-0.15, -0.1) is 0 Å². The van der Waals surface area contributed by atoms with Crippen LogP contribution in [0.2, 0.25) is 0 Å². The normalized spacial score (nSPS) is 16.8. The molecule has 9 heteroatoms. The number of hydrogen-bond donors (Lipinski definition) is 1. The van der Waals surface area contributed by atoms with E-state index in [0.29, 0.717) is 19.6 Å². The highest BCUT2D eigenvalue weighted by Gasteiger charge is 2.29. The van der Waals surface area contributed by atoms with Crippen molar-refractivity contribution in [2.75, 3.05) is 19.6 Å². The molecule has 168 valence electrons. The molecular weight excluding hydrogens is 406 g/mol. The van der Waals surface area contributed by atoms with Crippen LogP contribution in [-0.4, -0.2) is 51.9 Å². The molecule has 1 fully saturated rings. The van der Waals surface area contributed by atoms with Crippen LogP contribution in [0.25, 0.3) is 11.3 Å². The van der Waals surface area contributed by atoms with Gasteiger partial charge in [-0.25, -0.2) is 13.6 Å². The van der Waals surface area contributed by atoms with Crippen LogP contribution < -0.4 is 5.32 Å². The Bertz CT molecular complexity index is 968. The molecule has 1 aliphatic heterocycles. The van der Waals surface area contributed by atoms with E-state index in [9.17, 15) is 18.4 Å². The summed E-state index contributed by atoms with van der Waals surface area (Å²) in [4.78, 5) is 26.8. The van der Waals surface area contributed by atoms with E-state index in [1.165, 1.54) is 10.7 Å². The summed E-state index contributed by atoms with van der Waals surface area (Å²) < 4.78 is 34.3. The van der Waals surface area contributed by atoms with Crippen LogP contribution in [0.4, 0.5) is 13.6 Å². The summed E-state index contributed by atoms with van der Waals surface area (Å²) in [5.41, 5.74) is -0.0661. The maximum atomic E-state index is 14.3. The fraction of sp³-hybridized carbons (Fsp3) is 0.500. The molecule has 0 bridgehead atoms. The lowest BCUT2D eigenvalue weighted by atomic mass is 9.97. The van der Waals surface area contributed by atoms with Gasteiger partial charge in [0, 0.05) is 44.5 Å². The Labute approximate surface area is 180 Å². The number of ether oxygens (including phenoxy) is 1. The lowest BCUT2D eigenvalue weighted by Crippen LogP contribution is -2.44. The van der Waals surface area contributed by atoms with E-state index in [1.54, 1.807) is 38.9 Å². The number of nitrogens with one attached hydrogen (secondary N) is 1. The zero-order chi connectivity index (χ0) is 22.8. The summed E-state index contributed by atoms with van der Waals surface area (Å²) in [5.74, 6) is -1.66. The van der Waals surface area contributed by atoms with Crippen molar-refractivity contribution >= 4 is 12.0 Å². The van der Waals surface area contributed by atoms with E-state index in [-0.39, 0.29) is 28.6 Å². The van der Waals surface area contributed by atoms with Gasteiger partial charge in [-0.2, -0.15) is 5.10 Å². The third-order valence-corrected chi connectivity index (χ3v) is 4.99. The number of amides is 2. The molecule has 2 amide bonds. The average molecular weight is 434 g/mol. The summed E-state index contributed by atoms with van der Waals surface area (Å²) in [5, 5.41) is 6.99. The number of carbonyl (C=O) groups is 2. The van der Waals surface area contributed by atoms with Gasteiger partial charge in [-0.1, -0.05) is 0 Å². The first-order valence-corrected chi connectivity index (χ1v) is 10.3. The van der Waals surface area contributed by atoms with Gasteiger partial charge in [0.25, 0.3) is 5.91 Å². The second-order valence-electron chi connectivity index (χ2n) is 8.83. The minimum atomic E-state index is -0.772. The smallest absolute Gasteiger partial charge is 0.407 e. The van der Waals surface area contributed by atoms with E-state index in [4.69, 9.17) is 4.74 Å². The number of likely N-dealkylation sites (tertiary alicyclic amines) is 1. The first-order valence-electron chi connectivity index (χ1n) is 10.3. The molecule has 3 rings (SSSR count). The van der Waals surface area contributed by atoms with Crippen LogP contribution in [0.1, 0.15) is 44.0 Å². The first-order chi connectivity index (χ1) is 14.5.